The van der Waals surface area contributed by atoms with E-state index in [2.05, 4.69) is 5.32 Å². The minimum absolute atomic E-state index is 0.00944. The van der Waals surface area contributed by atoms with Crippen molar-refractivity contribution in [3.63, 3.8) is 0 Å². The molecule has 2 saturated heterocycles. The number of likely N-dealkylation sites (tertiary alicyclic amines) is 1. The van der Waals surface area contributed by atoms with Crippen LogP contribution in [0, 0.1) is 5.92 Å². The lowest BCUT2D eigenvalue weighted by molar-refractivity contribution is -0.135. The first-order valence-corrected chi connectivity index (χ1v) is 7.47. The first kappa shape index (κ1) is 14.3. The highest BCUT2D eigenvalue weighted by atomic mass is 16.2. The summed E-state index contributed by atoms with van der Waals surface area (Å²) in [5.74, 6) is 0.387. The van der Waals surface area contributed by atoms with Crippen molar-refractivity contribution >= 4 is 11.8 Å². The molecule has 0 aliphatic carbocycles. The van der Waals surface area contributed by atoms with Crippen LogP contribution in [0.15, 0.2) is 0 Å². The Balaban J connectivity index is 1.79. The summed E-state index contributed by atoms with van der Waals surface area (Å²) in [6.45, 7) is 2.50. The van der Waals surface area contributed by atoms with E-state index in [0.717, 1.165) is 45.3 Å². The van der Waals surface area contributed by atoms with E-state index < -0.39 is 0 Å². The molecular weight excluding hydrogens is 242 g/mol. The predicted octanol–water partition coefficient (Wildman–Crippen LogP) is 0.633. The number of carbonyl (C=O) groups excluding carboxylic acids is 2. The maximum atomic E-state index is 12.4. The highest BCUT2D eigenvalue weighted by Gasteiger charge is 2.28. The largest absolute Gasteiger partial charge is 0.370 e. The zero-order valence-corrected chi connectivity index (χ0v) is 11.6. The molecule has 2 amide bonds. The van der Waals surface area contributed by atoms with Gasteiger partial charge in [-0.2, -0.15) is 0 Å². The predicted molar refractivity (Wildman–Crippen MR) is 73.4 cm³/mol. The van der Waals surface area contributed by atoms with Crippen molar-refractivity contribution in [2.45, 2.75) is 51.0 Å². The number of nitrogens with one attached hydrogen (secondary N) is 1. The molecule has 19 heavy (non-hydrogen) atoms. The van der Waals surface area contributed by atoms with Crippen LogP contribution < -0.4 is 11.1 Å². The fraction of sp³-hybridized carbons (Fsp3) is 0.857. The van der Waals surface area contributed by atoms with E-state index in [0.29, 0.717) is 12.3 Å². The molecule has 3 N–H and O–H groups in total. The third kappa shape index (κ3) is 4.20. The van der Waals surface area contributed by atoms with Crippen LogP contribution in [0.4, 0.5) is 0 Å². The number of hydrogen-bond acceptors (Lipinski definition) is 3. The highest BCUT2D eigenvalue weighted by molar-refractivity contribution is 5.82. The molecule has 0 saturated carbocycles. The van der Waals surface area contributed by atoms with Crippen LogP contribution in [-0.2, 0) is 9.59 Å². The van der Waals surface area contributed by atoms with Gasteiger partial charge in [-0.15, -0.1) is 0 Å². The van der Waals surface area contributed by atoms with Crippen molar-refractivity contribution in [1.29, 1.82) is 0 Å². The molecule has 1 unspecified atom stereocenters. The molecule has 2 rings (SSSR count). The fourth-order valence-corrected chi connectivity index (χ4v) is 3.10. The van der Waals surface area contributed by atoms with E-state index in [9.17, 15) is 9.59 Å². The third-order valence-corrected chi connectivity index (χ3v) is 4.27. The van der Waals surface area contributed by atoms with E-state index in [4.69, 9.17) is 5.73 Å². The molecule has 2 fully saturated rings. The van der Waals surface area contributed by atoms with E-state index in [1.165, 1.54) is 12.8 Å². The number of rotatable bonds is 3. The summed E-state index contributed by atoms with van der Waals surface area (Å²) in [5.41, 5.74) is 5.22. The van der Waals surface area contributed by atoms with Gasteiger partial charge in [0.25, 0.3) is 0 Å². The van der Waals surface area contributed by atoms with E-state index in [1.54, 1.807) is 0 Å². The topological polar surface area (TPSA) is 75.4 Å². The Morgan fingerprint density at radius 3 is 2.53 bits per heavy atom. The van der Waals surface area contributed by atoms with Crippen molar-refractivity contribution in [2.75, 3.05) is 19.6 Å². The lowest BCUT2D eigenvalue weighted by Crippen LogP contribution is -2.49. The summed E-state index contributed by atoms with van der Waals surface area (Å²) in [6, 6.07) is 0.00944. The Kier molecular flexibility index (Phi) is 5.19. The Bertz CT molecular complexity index is 317. The Morgan fingerprint density at radius 1 is 1.11 bits per heavy atom. The lowest BCUT2D eigenvalue weighted by Gasteiger charge is -2.34. The molecule has 5 heteroatoms. The second-order valence-corrected chi connectivity index (χ2v) is 5.80. The molecule has 2 heterocycles. The average Bonchev–Trinajstić information content (AvgIpc) is 2.67. The minimum atomic E-state index is -0.227. The molecule has 0 spiro atoms. The van der Waals surface area contributed by atoms with Gasteiger partial charge in [-0.3, -0.25) is 9.59 Å². The van der Waals surface area contributed by atoms with E-state index >= 15 is 0 Å². The second kappa shape index (κ2) is 6.89. The normalized spacial score (nSPS) is 25.9. The highest BCUT2D eigenvalue weighted by Crippen LogP contribution is 2.21. The van der Waals surface area contributed by atoms with Gasteiger partial charge in [-0.1, -0.05) is 12.8 Å². The molecule has 0 aromatic heterocycles. The molecule has 5 nitrogen and oxygen atoms in total. The summed E-state index contributed by atoms with van der Waals surface area (Å²) in [4.78, 5) is 25.3. The van der Waals surface area contributed by atoms with Gasteiger partial charge in [0, 0.05) is 19.5 Å². The van der Waals surface area contributed by atoms with E-state index in [1.807, 2.05) is 4.90 Å². The van der Waals surface area contributed by atoms with Crippen molar-refractivity contribution in [3.05, 3.63) is 0 Å². The van der Waals surface area contributed by atoms with Crippen molar-refractivity contribution in [3.8, 4) is 0 Å². The molecule has 0 aromatic rings. The third-order valence-electron chi connectivity index (χ3n) is 4.27. The monoisotopic (exact) mass is 267 g/mol. The Labute approximate surface area is 114 Å². The maximum Gasteiger partial charge on any atom is 0.239 e. The van der Waals surface area contributed by atoms with Gasteiger partial charge in [0.05, 0.1) is 6.04 Å². The van der Waals surface area contributed by atoms with Crippen LogP contribution in [0.25, 0.3) is 0 Å². The van der Waals surface area contributed by atoms with Crippen LogP contribution in [0.2, 0.25) is 0 Å². The fourth-order valence-electron chi connectivity index (χ4n) is 3.10. The maximum absolute atomic E-state index is 12.4. The van der Waals surface area contributed by atoms with Crippen LogP contribution >= 0.6 is 0 Å². The summed E-state index contributed by atoms with van der Waals surface area (Å²) in [5, 5.41) is 3.36. The second-order valence-electron chi connectivity index (χ2n) is 5.80. The van der Waals surface area contributed by atoms with Gasteiger partial charge in [0.15, 0.2) is 0 Å². The minimum Gasteiger partial charge on any atom is -0.370 e. The number of amides is 2. The zero-order chi connectivity index (χ0) is 13.7. The van der Waals surface area contributed by atoms with Gasteiger partial charge >= 0.3 is 0 Å². The van der Waals surface area contributed by atoms with Crippen molar-refractivity contribution in [2.24, 2.45) is 11.7 Å². The number of nitrogens with two attached hydrogens (primary N) is 1. The standard InChI is InChI=1S/C14H25N3O2/c15-13(18)10-11-5-8-17(9-6-11)14(19)12-4-2-1-3-7-16-12/h11-12,16H,1-10H2,(H2,15,18). The number of primary amides is 1. The number of hydrogen-bond donors (Lipinski definition) is 2. The first-order valence-electron chi connectivity index (χ1n) is 7.47. The van der Waals surface area contributed by atoms with Gasteiger partial charge in [-0.25, -0.2) is 0 Å². The molecule has 1 atom stereocenters. The Hall–Kier alpha value is -1.10. The quantitative estimate of drug-likeness (QED) is 0.787. The molecule has 0 aromatic carbocycles. The van der Waals surface area contributed by atoms with Crippen molar-refractivity contribution < 1.29 is 9.59 Å². The Morgan fingerprint density at radius 2 is 1.84 bits per heavy atom. The van der Waals surface area contributed by atoms with Crippen LogP contribution in [0.3, 0.4) is 0 Å². The van der Waals surface area contributed by atoms with Gasteiger partial charge in [0.1, 0.15) is 0 Å². The van der Waals surface area contributed by atoms with Gasteiger partial charge in [-0.05, 0) is 38.1 Å². The smallest absolute Gasteiger partial charge is 0.239 e. The molecule has 2 aliphatic rings. The molecule has 0 bridgehead atoms. The summed E-state index contributed by atoms with van der Waals surface area (Å²) in [6.07, 6.45) is 6.76. The number of piperidine rings is 1. The number of carbonyl (C=O) groups is 2. The van der Waals surface area contributed by atoms with Crippen LogP contribution in [0.5, 0.6) is 0 Å². The summed E-state index contributed by atoms with van der Waals surface area (Å²) in [7, 11) is 0. The first-order chi connectivity index (χ1) is 9.16. The van der Waals surface area contributed by atoms with Crippen LogP contribution in [-0.4, -0.2) is 42.4 Å². The number of nitrogens with zero attached hydrogens (tertiary/aromatic N) is 1. The van der Waals surface area contributed by atoms with Gasteiger partial charge < -0.3 is 16.0 Å². The van der Waals surface area contributed by atoms with Crippen molar-refractivity contribution in [1.82, 2.24) is 10.2 Å². The zero-order valence-electron chi connectivity index (χ0n) is 11.6. The SMILES string of the molecule is NC(=O)CC1CCN(C(=O)C2CCCCCN2)CC1. The molecule has 108 valence electrons. The molecular formula is C14H25N3O2. The summed E-state index contributed by atoms with van der Waals surface area (Å²) < 4.78 is 0. The van der Waals surface area contributed by atoms with Crippen LogP contribution in [0.1, 0.15) is 44.9 Å². The average molecular weight is 267 g/mol. The lowest BCUT2D eigenvalue weighted by atomic mass is 9.93. The summed E-state index contributed by atoms with van der Waals surface area (Å²) >= 11 is 0. The van der Waals surface area contributed by atoms with E-state index in [-0.39, 0.29) is 17.9 Å². The molecule has 0 radical (unpaired) electrons. The molecule has 2 aliphatic heterocycles. The van der Waals surface area contributed by atoms with Gasteiger partial charge in [0.2, 0.25) is 11.8 Å².